The van der Waals surface area contributed by atoms with Crippen LogP contribution in [0.15, 0.2) is 30.3 Å². The standard InChI is InChI=1S/C18H26N4O.ClH/c1-13-8-5-6-9-14(13)22-16(20-17(23)10-7-11-19)12-15(21-22)18(2,3)4;/h5-6,8-9,12H,7,10-11,19H2,1-4H3,(H,20,23);1H. The first-order valence-electron chi connectivity index (χ1n) is 7.99. The molecule has 5 nitrogen and oxygen atoms in total. The molecule has 0 bridgehead atoms. The number of aromatic nitrogens is 2. The summed E-state index contributed by atoms with van der Waals surface area (Å²) in [7, 11) is 0. The summed E-state index contributed by atoms with van der Waals surface area (Å²) < 4.78 is 1.82. The normalized spacial score (nSPS) is 11.0. The Morgan fingerprint density at radius 2 is 1.96 bits per heavy atom. The average molecular weight is 351 g/mol. The van der Waals surface area contributed by atoms with Crippen LogP contribution in [0.25, 0.3) is 5.69 Å². The summed E-state index contributed by atoms with van der Waals surface area (Å²) in [6.45, 7) is 8.87. The van der Waals surface area contributed by atoms with Gasteiger partial charge in [0.15, 0.2) is 0 Å². The van der Waals surface area contributed by atoms with E-state index in [0.717, 1.165) is 16.9 Å². The smallest absolute Gasteiger partial charge is 0.225 e. The van der Waals surface area contributed by atoms with Gasteiger partial charge < -0.3 is 11.1 Å². The highest BCUT2D eigenvalue weighted by molar-refractivity contribution is 5.90. The molecule has 2 aromatic rings. The molecule has 6 heteroatoms. The first-order valence-corrected chi connectivity index (χ1v) is 7.99. The van der Waals surface area contributed by atoms with E-state index in [1.165, 1.54) is 0 Å². The maximum absolute atomic E-state index is 12.1. The molecule has 24 heavy (non-hydrogen) atoms. The average Bonchev–Trinajstić information content (AvgIpc) is 2.89. The van der Waals surface area contributed by atoms with Crippen LogP contribution in [0.1, 0.15) is 44.9 Å². The highest BCUT2D eigenvalue weighted by Gasteiger charge is 2.21. The van der Waals surface area contributed by atoms with Crippen LogP contribution >= 0.6 is 12.4 Å². The third kappa shape index (κ3) is 4.82. The number of rotatable bonds is 5. The summed E-state index contributed by atoms with van der Waals surface area (Å²) in [5.74, 6) is 0.664. The predicted octanol–water partition coefficient (Wildman–Crippen LogP) is 3.58. The van der Waals surface area contributed by atoms with E-state index in [1.54, 1.807) is 0 Å². The molecule has 0 fully saturated rings. The number of benzene rings is 1. The zero-order valence-electron chi connectivity index (χ0n) is 14.8. The van der Waals surface area contributed by atoms with Crippen LogP contribution in [-0.2, 0) is 10.2 Å². The van der Waals surface area contributed by atoms with Crippen LogP contribution in [0.2, 0.25) is 0 Å². The van der Waals surface area contributed by atoms with Gasteiger partial charge in [0.1, 0.15) is 5.82 Å². The Kier molecular flexibility index (Phi) is 6.99. The number of carbonyl (C=O) groups is 1. The molecule has 0 radical (unpaired) electrons. The van der Waals surface area contributed by atoms with Gasteiger partial charge in [-0.15, -0.1) is 12.4 Å². The van der Waals surface area contributed by atoms with Gasteiger partial charge in [0.25, 0.3) is 0 Å². The van der Waals surface area contributed by atoms with Crippen molar-refractivity contribution in [3.8, 4) is 5.69 Å². The lowest BCUT2D eigenvalue weighted by atomic mass is 9.92. The first kappa shape index (κ1) is 20.2. The van der Waals surface area contributed by atoms with Crippen molar-refractivity contribution in [1.29, 1.82) is 0 Å². The van der Waals surface area contributed by atoms with Crippen molar-refractivity contribution in [1.82, 2.24) is 9.78 Å². The molecule has 132 valence electrons. The minimum atomic E-state index is -0.0926. The Balaban J connectivity index is 0.00000288. The van der Waals surface area contributed by atoms with Gasteiger partial charge in [-0.1, -0.05) is 39.0 Å². The highest BCUT2D eigenvalue weighted by atomic mass is 35.5. The van der Waals surface area contributed by atoms with Gasteiger partial charge in [0.05, 0.1) is 11.4 Å². The molecule has 1 aromatic carbocycles. The van der Waals surface area contributed by atoms with Crippen molar-refractivity contribution in [3.63, 3.8) is 0 Å². The van der Waals surface area contributed by atoms with Crippen LogP contribution in [0.5, 0.6) is 0 Å². The van der Waals surface area contributed by atoms with Gasteiger partial charge >= 0.3 is 0 Å². The molecule has 0 aliphatic carbocycles. The minimum absolute atomic E-state index is 0. The number of hydrogen-bond donors (Lipinski definition) is 2. The topological polar surface area (TPSA) is 72.9 Å². The number of nitrogens with two attached hydrogens (primary N) is 1. The zero-order chi connectivity index (χ0) is 17.0. The van der Waals surface area contributed by atoms with E-state index in [-0.39, 0.29) is 23.7 Å². The second-order valence-corrected chi connectivity index (χ2v) is 6.80. The maximum atomic E-state index is 12.1. The quantitative estimate of drug-likeness (QED) is 0.865. The molecular weight excluding hydrogens is 324 g/mol. The van der Waals surface area contributed by atoms with Crippen LogP contribution < -0.4 is 11.1 Å². The summed E-state index contributed by atoms with van der Waals surface area (Å²) in [6, 6.07) is 9.96. The number of para-hydroxylation sites is 1. The molecule has 0 saturated heterocycles. The van der Waals surface area contributed by atoms with E-state index in [4.69, 9.17) is 10.8 Å². The van der Waals surface area contributed by atoms with Gasteiger partial charge in [0.2, 0.25) is 5.91 Å². The van der Waals surface area contributed by atoms with Crippen LogP contribution in [0.4, 0.5) is 5.82 Å². The fourth-order valence-corrected chi connectivity index (χ4v) is 2.29. The van der Waals surface area contributed by atoms with Crippen molar-refractivity contribution in [2.24, 2.45) is 5.73 Å². The lowest BCUT2D eigenvalue weighted by molar-refractivity contribution is -0.116. The van der Waals surface area contributed by atoms with E-state index in [9.17, 15) is 4.79 Å². The van der Waals surface area contributed by atoms with E-state index in [0.29, 0.717) is 25.2 Å². The second kappa shape index (κ2) is 8.31. The number of halogens is 1. The number of amides is 1. The lowest BCUT2D eigenvalue weighted by Crippen LogP contribution is -2.16. The molecule has 1 heterocycles. The van der Waals surface area contributed by atoms with Crippen molar-refractivity contribution in [2.45, 2.75) is 46.0 Å². The summed E-state index contributed by atoms with van der Waals surface area (Å²) >= 11 is 0. The number of carbonyl (C=O) groups excluding carboxylic acids is 1. The Labute approximate surface area is 150 Å². The molecule has 0 aliphatic rings. The molecular formula is C18H27ClN4O. The Morgan fingerprint density at radius 1 is 1.29 bits per heavy atom. The Morgan fingerprint density at radius 3 is 2.54 bits per heavy atom. The predicted molar refractivity (Wildman–Crippen MR) is 101 cm³/mol. The van der Waals surface area contributed by atoms with E-state index in [1.807, 2.05) is 41.9 Å². The van der Waals surface area contributed by atoms with E-state index >= 15 is 0 Å². The largest absolute Gasteiger partial charge is 0.330 e. The minimum Gasteiger partial charge on any atom is -0.330 e. The SMILES string of the molecule is Cc1ccccc1-n1nc(C(C)(C)C)cc1NC(=O)CCCN.Cl. The summed E-state index contributed by atoms with van der Waals surface area (Å²) in [6.07, 6.45) is 1.09. The molecule has 0 saturated carbocycles. The van der Waals surface area contributed by atoms with Crippen LogP contribution in [0.3, 0.4) is 0 Å². The zero-order valence-corrected chi connectivity index (χ0v) is 15.6. The third-order valence-corrected chi connectivity index (χ3v) is 3.70. The van der Waals surface area contributed by atoms with Gasteiger partial charge in [-0.2, -0.15) is 5.10 Å². The van der Waals surface area contributed by atoms with Crippen molar-refractivity contribution in [2.75, 3.05) is 11.9 Å². The van der Waals surface area contributed by atoms with Gasteiger partial charge in [-0.05, 0) is 31.5 Å². The molecule has 0 unspecified atom stereocenters. The summed E-state index contributed by atoms with van der Waals surface area (Å²) in [5, 5.41) is 7.69. The molecule has 2 rings (SSSR count). The van der Waals surface area contributed by atoms with E-state index < -0.39 is 0 Å². The number of nitrogens with one attached hydrogen (secondary N) is 1. The van der Waals surface area contributed by atoms with Crippen molar-refractivity contribution >= 4 is 24.1 Å². The summed E-state index contributed by atoms with van der Waals surface area (Å²) in [5.41, 5.74) is 8.40. The number of nitrogens with zero attached hydrogens (tertiary/aromatic N) is 2. The third-order valence-electron chi connectivity index (χ3n) is 3.70. The van der Waals surface area contributed by atoms with Crippen molar-refractivity contribution < 1.29 is 4.79 Å². The Hall–Kier alpha value is -1.85. The highest BCUT2D eigenvalue weighted by Crippen LogP contribution is 2.27. The fraction of sp³-hybridized carbons (Fsp3) is 0.444. The van der Waals surface area contributed by atoms with E-state index in [2.05, 4.69) is 26.1 Å². The van der Waals surface area contributed by atoms with Crippen molar-refractivity contribution in [3.05, 3.63) is 41.6 Å². The van der Waals surface area contributed by atoms with Gasteiger partial charge in [-0.3, -0.25) is 4.79 Å². The maximum Gasteiger partial charge on any atom is 0.225 e. The lowest BCUT2D eigenvalue weighted by Gasteiger charge is -2.14. The first-order chi connectivity index (χ1) is 10.8. The second-order valence-electron chi connectivity index (χ2n) is 6.80. The molecule has 3 N–H and O–H groups in total. The molecule has 1 amide bonds. The van der Waals surface area contributed by atoms with Gasteiger partial charge in [0, 0.05) is 17.9 Å². The molecule has 0 aliphatic heterocycles. The number of anilines is 1. The monoisotopic (exact) mass is 350 g/mol. The van der Waals surface area contributed by atoms with Gasteiger partial charge in [-0.25, -0.2) is 4.68 Å². The summed E-state index contributed by atoms with van der Waals surface area (Å²) in [4.78, 5) is 12.1. The van der Waals surface area contributed by atoms with Crippen LogP contribution in [-0.4, -0.2) is 22.2 Å². The molecule has 1 aromatic heterocycles. The molecule has 0 spiro atoms. The molecule has 0 atom stereocenters. The van der Waals surface area contributed by atoms with Crippen LogP contribution in [0, 0.1) is 6.92 Å². The fourth-order valence-electron chi connectivity index (χ4n) is 2.29. The number of aryl methyl sites for hydroxylation is 1. The Bertz CT molecular complexity index is 689. The number of hydrogen-bond acceptors (Lipinski definition) is 3.